The standard InChI is InChI=1S/C18H19ClN4O2S/c1-12-15(8-10-25-12)17-21-22-18(23(17)2)26-11-16(24)20-9-7-13-3-5-14(19)6-4-13/h3-6,8,10H,7,9,11H2,1-2H3,(H,20,24). The van der Waals surface area contributed by atoms with E-state index < -0.39 is 0 Å². The maximum absolute atomic E-state index is 12.0. The molecule has 0 aliphatic rings. The smallest absolute Gasteiger partial charge is 0.230 e. The van der Waals surface area contributed by atoms with Gasteiger partial charge in [-0.15, -0.1) is 10.2 Å². The fourth-order valence-corrected chi connectivity index (χ4v) is 3.34. The first-order valence-electron chi connectivity index (χ1n) is 8.12. The molecule has 1 N–H and O–H groups in total. The Hall–Kier alpha value is -2.25. The van der Waals surface area contributed by atoms with E-state index in [2.05, 4.69) is 15.5 Å². The lowest BCUT2D eigenvalue weighted by atomic mass is 10.1. The minimum Gasteiger partial charge on any atom is -0.469 e. The van der Waals surface area contributed by atoms with Gasteiger partial charge in [-0.05, 0) is 37.1 Å². The van der Waals surface area contributed by atoms with E-state index in [-0.39, 0.29) is 11.7 Å². The summed E-state index contributed by atoms with van der Waals surface area (Å²) in [6.45, 7) is 2.46. The molecule has 8 heteroatoms. The fraction of sp³-hybridized carbons (Fsp3) is 0.278. The van der Waals surface area contributed by atoms with Crippen molar-refractivity contribution in [1.29, 1.82) is 0 Å². The number of aromatic nitrogens is 3. The van der Waals surface area contributed by atoms with Crippen LogP contribution in [0.5, 0.6) is 0 Å². The van der Waals surface area contributed by atoms with E-state index in [1.165, 1.54) is 11.8 Å². The second-order valence-electron chi connectivity index (χ2n) is 5.77. The number of furan rings is 1. The molecule has 136 valence electrons. The number of carbonyl (C=O) groups excluding carboxylic acids is 1. The predicted octanol–water partition coefficient (Wildman–Crippen LogP) is 3.49. The zero-order valence-corrected chi connectivity index (χ0v) is 16.1. The average molecular weight is 391 g/mol. The Morgan fingerprint density at radius 2 is 2.04 bits per heavy atom. The Balaban J connectivity index is 1.48. The van der Waals surface area contributed by atoms with Gasteiger partial charge in [0.05, 0.1) is 17.6 Å². The third-order valence-corrected chi connectivity index (χ3v) is 5.19. The van der Waals surface area contributed by atoms with Crippen LogP contribution in [-0.4, -0.2) is 33.0 Å². The van der Waals surface area contributed by atoms with Crippen molar-refractivity contribution in [2.75, 3.05) is 12.3 Å². The van der Waals surface area contributed by atoms with Crippen molar-refractivity contribution >= 4 is 29.3 Å². The van der Waals surface area contributed by atoms with Gasteiger partial charge in [0.15, 0.2) is 11.0 Å². The van der Waals surface area contributed by atoms with Crippen LogP contribution in [0, 0.1) is 6.92 Å². The summed E-state index contributed by atoms with van der Waals surface area (Å²) in [6, 6.07) is 9.48. The quantitative estimate of drug-likeness (QED) is 0.625. The van der Waals surface area contributed by atoms with Crippen LogP contribution in [0.3, 0.4) is 0 Å². The van der Waals surface area contributed by atoms with E-state index in [0.29, 0.717) is 16.7 Å². The highest BCUT2D eigenvalue weighted by molar-refractivity contribution is 7.99. The number of hydrogen-bond donors (Lipinski definition) is 1. The van der Waals surface area contributed by atoms with Gasteiger partial charge in [-0.25, -0.2) is 0 Å². The number of nitrogens with zero attached hydrogens (tertiary/aromatic N) is 3. The van der Waals surface area contributed by atoms with Crippen LogP contribution in [0.2, 0.25) is 5.02 Å². The van der Waals surface area contributed by atoms with Crippen molar-refractivity contribution in [2.24, 2.45) is 7.05 Å². The number of hydrogen-bond acceptors (Lipinski definition) is 5. The number of carbonyl (C=O) groups is 1. The molecule has 2 heterocycles. The van der Waals surface area contributed by atoms with Crippen molar-refractivity contribution in [1.82, 2.24) is 20.1 Å². The molecule has 0 spiro atoms. The predicted molar refractivity (Wildman–Crippen MR) is 102 cm³/mol. The normalized spacial score (nSPS) is 10.9. The fourth-order valence-electron chi connectivity index (χ4n) is 2.47. The molecule has 1 amide bonds. The van der Waals surface area contributed by atoms with Crippen molar-refractivity contribution < 1.29 is 9.21 Å². The number of rotatable bonds is 7. The molecule has 6 nitrogen and oxygen atoms in total. The first kappa shape index (κ1) is 18.5. The van der Waals surface area contributed by atoms with Gasteiger partial charge in [-0.1, -0.05) is 35.5 Å². The molecule has 3 rings (SSSR count). The molecule has 3 aromatic rings. The molecule has 0 aliphatic heterocycles. The molecule has 1 aromatic carbocycles. The Morgan fingerprint density at radius 3 is 2.73 bits per heavy atom. The van der Waals surface area contributed by atoms with Gasteiger partial charge < -0.3 is 14.3 Å². The summed E-state index contributed by atoms with van der Waals surface area (Å²) < 4.78 is 7.17. The summed E-state index contributed by atoms with van der Waals surface area (Å²) in [7, 11) is 1.88. The third kappa shape index (κ3) is 4.47. The Kier molecular flexibility index (Phi) is 6.00. The molecule has 26 heavy (non-hydrogen) atoms. The van der Waals surface area contributed by atoms with Crippen molar-refractivity contribution in [3.63, 3.8) is 0 Å². The maximum atomic E-state index is 12.0. The molecule has 0 aliphatic carbocycles. The lowest BCUT2D eigenvalue weighted by Gasteiger charge is -2.06. The van der Waals surface area contributed by atoms with E-state index in [9.17, 15) is 4.79 Å². The van der Waals surface area contributed by atoms with Crippen molar-refractivity contribution in [2.45, 2.75) is 18.5 Å². The van der Waals surface area contributed by atoms with E-state index in [4.69, 9.17) is 16.0 Å². The lowest BCUT2D eigenvalue weighted by Crippen LogP contribution is -2.27. The van der Waals surface area contributed by atoms with E-state index in [1.807, 2.05) is 48.9 Å². The summed E-state index contributed by atoms with van der Waals surface area (Å²) in [5.74, 6) is 1.77. The van der Waals surface area contributed by atoms with Crippen LogP contribution in [0.25, 0.3) is 11.4 Å². The summed E-state index contributed by atoms with van der Waals surface area (Å²) in [5, 5.41) is 12.7. The number of nitrogens with one attached hydrogen (secondary N) is 1. The van der Waals surface area contributed by atoms with Gasteiger partial charge >= 0.3 is 0 Å². The molecular formula is C18H19ClN4O2S. The summed E-state index contributed by atoms with van der Waals surface area (Å²) in [4.78, 5) is 12.0. The molecule has 2 aromatic heterocycles. The van der Waals surface area contributed by atoms with Gasteiger partial charge in [0.2, 0.25) is 5.91 Å². The van der Waals surface area contributed by atoms with Crippen LogP contribution in [0.15, 0.2) is 46.2 Å². The van der Waals surface area contributed by atoms with Crippen molar-refractivity contribution in [3.8, 4) is 11.4 Å². The molecular weight excluding hydrogens is 372 g/mol. The molecule has 0 saturated carbocycles. The minimum atomic E-state index is -0.0343. The molecule has 0 bridgehead atoms. The zero-order valence-electron chi connectivity index (χ0n) is 14.5. The SMILES string of the molecule is Cc1occc1-c1nnc(SCC(=O)NCCc2ccc(Cl)cc2)n1C. The van der Waals surface area contributed by atoms with E-state index >= 15 is 0 Å². The molecule has 0 fully saturated rings. The van der Waals surface area contributed by atoms with Gasteiger partial charge in [0, 0.05) is 18.6 Å². The Labute approximate surface area is 160 Å². The number of halogens is 1. The second kappa shape index (κ2) is 8.42. The second-order valence-corrected chi connectivity index (χ2v) is 7.15. The average Bonchev–Trinajstić information content (AvgIpc) is 3.20. The minimum absolute atomic E-state index is 0.0343. The van der Waals surface area contributed by atoms with Gasteiger partial charge in [0.25, 0.3) is 0 Å². The van der Waals surface area contributed by atoms with Crippen LogP contribution < -0.4 is 5.32 Å². The van der Waals surface area contributed by atoms with Gasteiger partial charge in [0.1, 0.15) is 5.76 Å². The highest BCUT2D eigenvalue weighted by atomic mass is 35.5. The molecule has 0 atom stereocenters. The van der Waals surface area contributed by atoms with Crippen molar-refractivity contribution in [3.05, 3.63) is 52.9 Å². The number of aryl methyl sites for hydroxylation is 1. The van der Waals surface area contributed by atoms with E-state index in [1.54, 1.807) is 6.26 Å². The van der Waals surface area contributed by atoms with Crippen LogP contribution in [-0.2, 0) is 18.3 Å². The topological polar surface area (TPSA) is 72.9 Å². The first-order valence-corrected chi connectivity index (χ1v) is 9.48. The van der Waals surface area contributed by atoms with Crippen LogP contribution in [0.4, 0.5) is 0 Å². The third-order valence-electron chi connectivity index (χ3n) is 3.92. The monoisotopic (exact) mass is 390 g/mol. The van der Waals surface area contributed by atoms with E-state index in [0.717, 1.165) is 29.1 Å². The first-order chi connectivity index (χ1) is 12.5. The zero-order chi connectivity index (χ0) is 18.5. The number of thioether (sulfide) groups is 1. The number of amides is 1. The summed E-state index contributed by atoms with van der Waals surface area (Å²) >= 11 is 7.22. The summed E-state index contributed by atoms with van der Waals surface area (Å²) in [6.07, 6.45) is 2.39. The van der Waals surface area contributed by atoms with Gasteiger partial charge in [-0.3, -0.25) is 4.79 Å². The highest BCUT2D eigenvalue weighted by Crippen LogP contribution is 2.25. The molecule has 0 saturated heterocycles. The molecule has 0 radical (unpaired) electrons. The molecule has 0 unspecified atom stereocenters. The van der Waals surface area contributed by atoms with Crippen LogP contribution in [0.1, 0.15) is 11.3 Å². The lowest BCUT2D eigenvalue weighted by molar-refractivity contribution is -0.118. The highest BCUT2D eigenvalue weighted by Gasteiger charge is 2.15. The maximum Gasteiger partial charge on any atom is 0.230 e. The summed E-state index contributed by atoms with van der Waals surface area (Å²) in [5.41, 5.74) is 2.04. The van der Waals surface area contributed by atoms with Gasteiger partial charge in [-0.2, -0.15) is 0 Å². The Morgan fingerprint density at radius 1 is 1.27 bits per heavy atom. The Bertz CT molecular complexity index is 889. The number of benzene rings is 1. The largest absolute Gasteiger partial charge is 0.469 e. The van der Waals surface area contributed by atoms with Crippen LogP contribution >= 0.6 is 23.4 Å².